The minimum Gasteiger partial charge on any atom is -0.355 e. The molecule has 0 aliphatic rings. The number of methoxy groups -OCH3 is 2. The summed E-state index contributed by atoms with van der Waals surface area (Å²) in [6.07, 6.45) is -0.196. The molecule has 1 aromatic rings. The lowest BCUT2D eigenvalue weighted by atomic mass is 9.95. The van der Waals surface area contributed by atoms with Gasteiger partial charge >= 0.3 is 0 Å². The molecule has 0 fully saturated rings. The molecule has 0 radical (unpaired) electrons. The fraction of sp³-hybridized carbons (Fsp3) is 0.600. The second kappa shape index (κ2) is 6.88. The van der Waals surface area contributed by atoms with Gasteiger partial charge in [-0.05, 0) is 44.4 Å². The van der Waals surface area contributed by atoms with E-state index < -0.39 is 0 Å². The third-order valence-corrected chi connectivity index (χ3v) is 3.29. The Hall–Kier alpha value is -0.900. The van der Waals surface area contributed by atoms with E-state index in [9.17, 15) is 0 Å². The number of ether oxygens (including phenoxy) is 2. The molecular weight excluding hydrogens is 226 g/mol. The summed E-state index contributed by atoms with van der Waals surface area (Å²) < 4.78 is 10.4. The van der Waals surface area contributed by atoms with Crippen LogP contribution >= 0.6 is 0 Å². The van der Waals surface area contributed by atoms with Gasteiger partial charge in [-0.2, -0.15) is 0 Å². The standard InChI is InChI=1S/C15H25NO2/c1-10-7-11(2)15(12(3)8-10)13(4)16-9-14(17-5)18-6/h7-8,13-14,16H,9H2,1-6H3. The first-order valence-electron chi connectivity index (χ1n) is 6.36. The predicted molar refractivity (Wildman–Crippen MR) is 74.9 cm³/mol. The number of benzene rings is 1. The van der Waals surface area contributed by atoms with Gasteiger partial charge in [0, 0.05) is 26.8 Å². The van der Waals surface area contributed by atoms with Crippen LogP contribution in [0.15, 0.2) is 12.1 Å². The number of hydrogen-bond acceptors (Lipinski definition) is 3. The zero-order valence-electron chi connectivity index (χ0n) is 12.3. The molecule has 1 rings (SSSR count). The molecule has 0 heterocycles. The fourth-order valence-electron chi connectivity index (χ4n) is 2.51. The van der Waals surface area contributed by atoms with Crippen LogP contribution in [-0.4, -0.2) is 27.1 Å². The summed E-state index contributed by atoms with van der Waals surface area (Å²) in [6, 6.07) is 4.74. The normalized spacial score (nSPS) is 13.1. The van der Waals surface area contributed by atoms with Crippen molar-refractivity contribution < 1.29 is 9.47 Å². The Morgan fingerprint density at radius 3 is 2.00 bits per heavy atom. The van der Waals surface area contributed by atoms with E-state index in [1.165, 1.54) is 22.3 Å². The monoisotopic (exact) mass is 251 g/mol. The van der Waals surface area contributed by atoms with Crippen molar-refractivity contribution in [2.75, 3.05) is 20.8 Å². The van der Waals surface area contributed by atoms with Crippen LogP contribution < -0.4 is 5.32 Å². The van der Waals surface area contributed by atoms with Crippen LogP contribution in [0.2, 0.25) is 0 Å². The molecule has 1 unspecified atom stereocenters. The van der Waals surface area contributed by atoms with E-state index in [0.29, 0.717) is 12.6 Å². The Kier molecular flexibility index (Phi) is 5.79. The fourth-order valence-corrected chi connectivity index (χ4v) is 2.51. The van der Waals surface area contributed by atoms with Crippen LogP contribution in [0.1, 0.15) is 35.2 Å². The lowest BCUT2D eigenvalue weighted by molar-refractivity contribution is -0.0997. The summed E-state index contributed by atoms with van der Waals surface area (Å²) in [5, 5.41) is 3.45. The van der Waals surface area contributed by atoms with E-state index in [1.54, 1.807) is 14.2 Å². The highest BCUT2D eigenvalue weighted by molar-refractivity contribution is 5.39. The maximum atomic E-state index is 5.18. The van der Waals surface area contributed by atoms with Gasteiger partial charge in [0.25, 0.3) is 0 Å². The van der Waals surface area contributed by atoms with Gasteiger partial charge in [-0.3, -0.25) is 0 Å². The Balaban J connectivity index is 2.75. The molecule has 0 amide bonds. The molecular formula is C15H25NO2. The molecule has 3 heteroatoms. The van der Waals surface area contributed by atoms with Crippen LogP contribution in [-0.2, 0) is 9.47 Å². The number of hydrogen-bond donors (Lipinski definition) is 1. The van der Waals surface area contributed by atoms with Gasteiger partial charge in [0.15, 0.2) is 6.29 Å². The van der Waals surface area contributed by atoms with E-state index in [4.69, 9.17) is 9.47 Å². The van der Waals surface area contributed by atoms with Crippen molar-refractivity contribution in [2.24, 2.45) is 0 Å². The van der Waals surface area contributed by atoms with Crippen molar-refractivity contribution in [3.05, 3.63) is 34.4 Å². The molecule has 0 aliphatic heterocycles. The van der Waals surface area contributed by atoms with Crippen LogP contribution in [0.3, 0.4) is 0 Å². The molecule has 18 heavy (non-hydrogen) atoms. The highest BCUT2D eigenvalue weighted by Gasteiger charge is 2.13. The van der Waals surface area contributed by atoms with Crippen molar-refractivity contribution in [2.45, 2.75) is 40.0 Å². The number of aryl methyl sites for hydroxylation is 3. The Labute approximate surface area is 110 Å². The average molecular weight is 251 g/mol. The molecule has 1 aromatic carbocycles. The first-order chi connectivity index (χ1) is 8.49. The lowest BCUT2D eigenvalue weighted by Crippen LogP contribution is -2.32. The molecule has 102 valence electrons. The van der Waals surface area contributed by atoms with Gasteiger partial charge in [0.05, 0.1) is 0 Å². The van der Waals surface area contributed by atoms with E-state index in [-0.39, 0.29) is 6.29 Å². The minimum absolute atomic E-state index is 0.196. The average Bonchev–Trinajstić information content (AvgIpc) is 2.28. The van der Waals surface area contributed by atoms with Gasteiger partial charge in [0.1, 0.15) is 0 Å². The molecule has 0 spiro atoms. The van der Waals surface area contributed by atoms with Crippen LogP contribution in [0, 0.1) is 20.8 Å². The second-order valence-electron chi connectivity index (χ2n) is 4.84. The van der Waals surface area contributed by atoms with Crippen LogP contribution in [0.5, 0.6) is 0 Å². The molecule has 1 N–H and O–H groups in total. The van der Waals surface area contributed by atoms with E-state index >= 15 is 0 Å². The predicted octanol–water partition coefficient (Wildman–Crippen LogP) is 2.88. The Morgan fingerprint density at radius 2 is 1.56 bits per heavy atom. The zero-order valence-corrected chi connectivity index (χ0v) is 12.3. The van der Waals surface area contributed by atoms with Crippen molar-refractivity contribution in [3.63, 3.8) is 0 Å². The highest BCUT2D eigenvalue weighted by Crippen LogP contribution is 2.23. The topological polar surface area (TPSA) is 30.5 Å². The summed E-state index contributed by atoms with van der Waals surface area (Å²) in [6.45, 7) is 9.32. The van der Waals surface area contributed by atoms with Crippen molar-refractivity contribution in [1.82, 2.24) is 5.32 Å². The first kappa shape index (κ1) is 15.2. The van der Waals surface area contributed by atoms with Crippen molar-refractivity contribution >= 4 is 0 Å². The molecule has 0 aromatic heterocycles. The Morgan fingerprint density at radius 1 is 1.06 bits per heavy atom. The molecule has 3 nitrogen and oxygen atoms in total. The van der Waals surface area contributed by atoms with Crippen LogP contribution in [0.4, 0.5) is 0 Å². The minimum atomic E-state index is -0.196. The number of rotatable bonds is 6. The Bertz CT molecular complexity index is 363. The molecule has 0 saturated heterocycles. The first-order valence-corrected chi connectivity index (χ1v) is 6.36. The summed E-state index contributed by atoms with van der Waals surface area (Å²) in [4.78, 5) is 0. The van der Waals surface area contributed by atoms with Crippen molar-refractivity contribution in [3.8, 4) is 0 Å². The summed E-state index contributed by atoms with van der Waals surface area (Å²) in [5.41, 5.74) is 5.34. The van der Waals surface area contributed by atoms with Gasteiger partial charge in [-0.25, -0.2) is 0 Å². The van der Waals surface area contributed by atoms with E-state index in [2.05, 4.69) is 45.1 Å². The highest BCUT2D eigenvalue weighted by atomic mass is 16.7. The maximum Gasteiger partial charge on any atom is 0.169 e. The second-order valence-corrected chi connectivity index (χ2v) is 4.84. The van der Waals surface area contributed by atoms with Crippen LogP contribution in [0.25, 0.3) is 0 Å². The quantitative estimate of drug-likeness (QED) is 0.789. The molecule has 1 atom stereocenters. The van der Waals surface area contributed by atoms with E-state index in [1.807, 2.05) is 0 Å². The third-order valence-electron chi connectivity index (χ3n) is 3.29. The smallest absolute Gasteiger partial charge is 0.169 e. The lowest BCUT2D eigenvalue weighted by Gasteiger charge is -2.22. The van der Waals surface area contributed by atoms with Gasteiger partial charge in [-0.15, -0.1) is 0 Å². The summed E-state index contributed by atoms with van der Waals surface area (Å²) >= 11 is 0. The summed E-state index contributed by atoms with van der Waals surface area (Å²) in [5.74, 6) is 0. The third kappa shape index (κ3) is 3.80. The van der Waals surface area contributed by atoms with Gasteiger partial charge in [0.2, 0.25) is 0 Å². The van der Waals surface area contributed by atoms with Crippen molar-refractivity contribution in [1.29, 1.82) is 0 Å². The molecule has 0 bridgehead atoms. The summed E-state index contributed by atoms with van der Waals surface area (Å²) in [7, 11) is 3.31. The maximum absolute atomic E-state index is 5.18. The number of nitrogens with one attached hydrogen (secondary N) is 1. The van der Waals surface area contributed by atoms with E-state index in [0.717, 1.165) is 0 Å². The van der Waals surface area contributed by atoms with Gasteiger partial charge < -0.3 is 14.8 Å². The molecule has 0 aliphatic carbocycles. The van der Waals surface area contributed by atoms with Gasteiger partial charge in [-0.1, -0.05) is 17.7 Å². The SMILES string of the molecule is COC(CNC(C)c1c(C)cc(C)cc1C)OC. The zero-order chi connectivity index (χ0) is 13.7. The largest absolute Gasteiger partial charge is 0.355 e. The molecule has 0 saturated carbocycles.